The van der Waals surface area contributed by atoms with Crippen LogP contribution in [-0.2, 0) is 11.2 Å². The summed E-state index contributed by atoms with van der Waals surface area (Å²) in [5.41, 5.74) is 2.40. The maximum absolute atomic E-state index is 12.0. The molecular weight excluding hydrogens is 268 g/mol. The predicted octanol–water partition coefficient (Wildman–Crippen LogP) is 2.62. The third-order valence-electron chi connectivity index (χ3n) is 3.86. The molecule has 1 aliphatic carbocycles. The monoisotopic (exact) mass is 290 g/mol. The summed E-state index contributed by atoms with van der Waals surface area (Å²) in [6.07, 6.45) is 4.09. The van der Waals surface area contributed by atoms with E-state index in [2.05, 4.69) is 16.7 Å². The van der Waals surface area contributed by atoms with Gasteiger partial charge in [0.05, 0.1) is 6.04 Å². The summed E-state index contributed by atoms with van der Waals surface area (Å²) >= 11 is 0. The van der Waals surface area contributed by atoms with E-state index in [0.29, 0.717) is 12.8 Å². The van der Waals surface area contributed by atoms with Crippen molar-refractivity contribution in [3.8, 4) is 0 Å². The second kappa shape index (κ2) is 7.11. The molecule has 1 aliphatic rings. The Morgan fingerprint density at radius 1 is 1.38 bits per heavy atom. The summed E-state index contributed by atoms with van der Waals surface area (Å²) in [6.45, 7) is 1.90. The SMILES string of the molecule is CCC[C@@H](NC(=O)NC1CCCc2ccccc21)C(=O)O. The first-order valence-electron chi connectivity index (χ1n) is 7.49. The van der Waals surface area contributed by atoms with Crippen molar-refractivity contribution in [1.82, 2.24) is 10.6 Å². The lowest BCUT2D eigenvalue weighted by Crippen LogP contribution is -2.47. The normalized spacial score (nSPS) is 18.4. The smallest absolute Gasteiger partial charge is 0.326 e. The molecule has 2 rings (SSSR count). The van der Waals surface area contributed by atoms with Crippen molar-refractivity contribution < 1.29 is 14.7 Å². The lowest BCUT2D eigenvalue weighted by atomic mass is 9.88. The Labute approximate surface area is 124 Å². The molecule has 0 aromatic heterocycles. The van der Waals surface area contributed by atoms with Gasteiger partial charge in [0.1, 0.15) is 6.04 Å². The Hall–Kier alpha value is -2.04. The van der Waals surface area contributed by atoms with Crippen molar-refractivity contribution >= 4 is 12.0 Å². The van der Waals surface area contributed by atoms with Crippen LogP contribution in [0.1, 0.15) is 49.8 Å². The Morgan fingerprint density at radius 2 is 2.14 bits per heavy atom. The number of aryl methyl sites for hydroxylation is 1. The van der Waals surface area contributed by atoms with E-state index in [1.807, 2.05) is 25.1 Å². The highest BCUT2D eigenvalue weighted by atomic mass is 16.4. The number of amides is 2. The number of aliphatic carboxylic acids is 1. The number of carboxylic acid groups (broad SMARTS) is 1. The second-order valence-electron chi connectivity index (χ2n) is 5.44. The topological polar surface area (TPSA) is 78.4 Å². The van der Waals surface area contributed by atoms with Gasteiger partial charge in [-0.2, -0.15) is 0 Å². The van der Waals surface area contributed by atoms with Crippen LogP contribution in [0.4, 0.5) is 4.79 Å². The summed E-state index contributed by atoms with van der Waals surface area (Å²) in [7, 11) is 0. The number of carbonyl (C=O) groups is 2. The van der Waals surface area contributed by atoms with E-state index in [9.17, 15) is 9.59 Å². The largest absolute Gasteiger partial charge is 0.480 e. The number of carbonyl (C=O) groups excluding carboxylic acids is 1. The van der Waals surface area contributed by atoms with E-state index < -0.39 is 18.0 Å². The molecule has 21 heavy (non-hydrogen) atoms. The van der Waals surface area contributed by atoms with Gasteiger partial charge in [-0.05, 0) is 36.8 Å². The highest BCUT2D eigenvalue weighted by Crippen LogP contribution is 2.29. The van der Waals surface area contributed by atoms with E-state index in [1.165, 1.54) is 5.56 Å². The molecule has 1 aromatic carbocycles. The Kier molecular flexibility index (Phi) is 5.20. The van der Waals surface area contributed by atoms with Gasteiger partial charge in [-0.1, -0.05) is 37.6 Å². The van der Waals surface area contributed by atoms with Gasteiger partial charge in [-0.15, -0.1) is 0 Å². The minimum Gasteiger partial charge on any atom is -0.480 e. The molecule has 0 bridgehead atoms. The lowest BCUT2D eigenvalue weighted by Gasteiger charge is -2.27. The molecule has 5 nitrogen and oxygen atoms in total. The zero-order valence-electron chi connectivity index (χ0n) is 12.3. The van der Waals surface area contributed by atoms with Crippen LogP contribution in [0, 0.1) is 0 Å². The van der Waals surface area contributed by atoms with E-state index in [-0.39, 0.29) is 6.04 Å². The van der Waals surface area contributed by atoms with Crippen LogP contribution in [0.3, 0.4) is 0 Å². The van der Waals surface area contributed by atoms with Crippen molar-refractivity contribution in [2.24, 2.45) is 0 Å². The van der Waals surface area contributed by atoms with E-state index in [0.717, 1.165) is 24.8 Å². The first-order valence-corrected chi connectivity index (χ1v) is 7.49. The average molecular weight is 290 g/mol. The molecule has 1 aromatic rings. The predicted molar refractivity (Wildman–Crippen MR) is 80.1 cm³/mol. The molecule has 0 radical (unpaired) electrons. The summed E-state index contributed by atoms with van der Waals surface area (Å²) in [5.74, 6) is -0.990. The van der Waals surface area contributed by atoms with E-state index in [4.69, 9.17) is 5.11 Å². The Balaban J connectivity index is 1.99. The van der Waals surface area contributed by atoms with Crippen molar-refractivity contribution in [3.63, 3.8) is 0 Å². The molecule has 0 saturated heterocycles. The van der Waals surface area contributed by atoms with Crippen LogP contribution in [0.5, 0.6) is 0 Å². The number of hydrogen-bond acceptors (Lipinski definition) is 2. The fourth-order valence-electron chi connectivity index (χ4n) is 2.81. The number of fused-ring (bicyclic) bond motifs is 1. The van der Waals surface area contributed by atoms with Crippen LogP contribution in [0.25, 0.3) is 0 Å². The Morgan fingerprint density at radius 3 is 2.86 bits per heavy atom. The average Bonchev–Trinajstić information content (AvgIpc) is 2.47. The fraction of sp³-hybridized carbons (Fsp3) is 0.500. The maximum Gasteiger partial charge on any atom is 0.326 e. The van der Waals surface area contributed by atoms with Crippen molar-refractivity contribution in [1.29, 1.82) is 0 Å². The summed E-state index contributed by atoms with van der Waals surface area (Å²) in [4.78, 5) is 23.1. The number of carboxylic acids is 1. The molecule has 0 saturated carbocycles. The number of hydrogen-bond donors (Lipinski definition) is 3. The molecule has 114 valence electrons. The molecular formula is C16H22N2O3. The van der Waals surface area contributed by atoms with Crippen LogP contribution in [0.15, 0.2) is 24.3 Å². The van der Waals surface area contributed by atoms with Gasteiger partial charge < -0.3 is 15.7 Å². The molecule has 5 heteroatoms. The maximum atomic E-state index is 12.0. The highest BCUT2D eigenvalue weighted by Gasteiger charge is 2.24. The minimum absolute atomic E-state index is 0.0361. The van der Waals surface area contributed by atoms with Crippen LogP contribution >= 0.6 is 0 Å². The number of benzene rings is 1. The summed E-state index contributed by atoms with van der Waals surface area (Å²) in [6, 6.07) is 6.81. The summed E-state index contributed by atoms with van der Waals surface area (Å²) < 4.78 is 0. The summed E-state index contributed by atoms with van der Waals surface area (Å²) in [5, 5.41) is 14.5. The number of nitrogens with one attached hydrogen (secondary N) is 2. The molecule has 0 spiro atoms. The zero-order chi connectivity index (χ0) is 15.2. The highest BCUT2D eigenvalue weighted by molar-refractivity contribution is 5.82. The van der Waals surface area contributed by atoms with Crippen molar-refractivity contribution in [3.05, 3.63) is 35.4 Å². The lowest BCUT2D eigenvalue weighted by molar-refractivity contribution is -0.139. The van der Waals surface area contributed by atoms with E-state index in [1.54, 1.807) is 0 Å². The zero-order valence-corrected chi connectivity index (χ0v) is 12.3. The van der Waals surface area contributed by atoms with Crippen LogP contribution in [0.2, 0.25) is 0 Å². The molecule has 1 unspecified atom stereocenters. The molecule has 2 amide bonds. The van der Waals surface area contributed by atoms with Gasteiger partial charge in [0.25, 0.3) is 0 Å². The van der Waals surface area contributed by atoms with Gasteiger partial charge in [0, 0.05) is 0 Å². The minimum atomic E-state index is -0.990. The first-order chi connectivity index (χ1) is 10.1. The first kappa shape index (κ1) is 15.4. The molecule has 0 aliphatic heterocycles. The van der Waals surface area contributed by atoms with Crippen LogP contribution in [-0.4, -0.2) is 23.1 Å². The van der Waals surface area contributed by atoms with Gasteiger partial charge in [-0.25, -0.2) is 9.59 Å². The number of rotatable bonds is 5. The third kappa shape index (κ3) is 3.97. The van der Waals surface area contributed by atoms with E-state index >= 15 is 0 Å². The van der Waals surface area contributed by atoms with Crippen molar-refractivity contribution in [2.75, 3.05) is 0 Å². The third-order valence-corrected chi connectivity index (χ3v) is 3.86. The quantitative estimate of drug-likeness (QED) is 0.780. The van der Waals surface area contributed by atoms with Gasteiger partial charge in [0.2, 0.25) is 0 Å². The molecule has 0 heterocycles. The van der Waals surface area contributed by atoms with Gasteiger partial charge in [-0.3, -0.25) is 0 Å². The second-order valence-corrected chi connectivity index (χ2v) is 5.44. The molecule has 0 fully saturated rings. The fourth-order valence-corrected chi connectivity index (χ4v) is 2.81. The van der Waals surface area contributed by atoms with Crippen LogP contribution < -0.4 is 10.6 Å². The van der Waals surface area contributed by atoms with Crippen molar-refractivity contribution in [2.45, 2.75) is 51.1 Å². The Bertz CT molecular complexity index is 516. The molecule has 2 atom stereocenters. The van der Waals surface area contributed by atoms with Gasteiger partial charge >= 0.3 is 12.0 Å². The van der Waals surface area contributed by atoms with Gasteiger partial charge in [0.15, 0.2) is 0 Å². The number of urea groups is 1. The molecule has 3 N–H and O–H groups in total. The standard InChI is InChI=1S/C16H22N2O3/c1-2-6-14(15(19)20)18-16(21)17-13-10-5-8-11-7-3-4-9-12(11)13/h3-4,7,9,13-14H,2,5-6,8,10H2,1H3,(H,19,20)(H2,17,18,21)/t13?,14-/m1/s1.